The summed E-state index contributed by atoms with van der Waals surface area (Å²) < 4.78 is 5.74. The fourth-order valence-electron chi connectivity index (χ4n) is 1.93. The number of hydrogen-bond donors (Lipinski definition) is 2. The zero-order valence-electron chi connectivity index (χ0n) is 14.6. The number of para-hydroxylation sites is 1. The molecule has 0 spiro atoms. The van der Waals surface area contributed by atoms with Crippen LogP contribution < -0.4 is 10.5 Å². The van der Waals surface area contributed by atoms with Gasteiger partial charge in [-0.1, -0.05) is 55.2 Å². The molecule has 2 unspecified atom stereocenters. The molecule has 0 saturated carbocycles. The number of nitrogens with zero attached hydrogens (tertiary/aromatic N) is 2. The molecule has 25 heavy (non-hydrogen) atoms. The predicted octanol–water partition coefficient (Wildman–Crippen LogP) is 2.74. The van der Waals surface area contributed by atoms with Crippen molar-refractivity contribution >= 4 is 23.5 Å². The lowest BCUT2D eigenvalue weighted by molar-refractivity contribution is 0.0990. The van der Waals surface area contributed by atoms with Crippen molar-refractivity contribution in [1.82, 2.24) is 10.2 Å². The van der Waals surface area contributed by atoms with Crippen LogP contribution in [0.4, 0.5) is 0 Å². The molecule has 0 aliphatic carbocycles. The maximum atomic E-state index is 10.1. The van der Waals surface area contributed by atoms with E-state index >= 15 is 0 Å². The first kappa shape index (κ1) is 19.1. The highest BCUT2D eigenvalue weighted by atomic mass is 32.1. The SMILES string of the molecule is Cc1nnc(C=Cc2ccccc2OCC(O)C(N)C#CC(C)C)s1. The second kappa shape index (κ2) is 9.33. The first-order valence-corrected chi connectivity index (χ1v) is 8.92. The van der Waals surface area contributed by atoms with E-state index in [1.807, 2.05) is 57.2 Å². The number of ether oxygens (including phenoxy) is 1. The van der Waals surface area contributed by atoms with Gasteiger partial charge in [-0.05, 0) is 25.1 Å². The summed E-state index contributed by atoms with van der Waals surface area (Å²) in [7, 11) is 0. The lowest BCUT2D eigenvalue weighted by atomic mass is 10.1. The van der Waals surface area contributed by atoms with E-state index in [-0.39, 0.29) is 12.5 Å². The number of nitrogens with two attached hydrogens (primary N) is 1. The molecule has 0 saturated heterocycles. The molecule has 2 aromatic rings. The van der Waals surface area contributed by atoms with Crippen LogP contribution >= 0.6 is 11.3 Å². The van der Waals surface area contributed by atoms with Crippen molar-refractivity contribution in [1.29, 1.82) is 0 Å². The number of aliphatic hydroxyl groups is 1. The molecule has 2 rings (SSSR count). The molecular formula is C19H23N3O2S. The number of benzene rings is 1. The Morgan fingerprint density at radius 1 is 1.24 bits per heavy atom. The van der Waals surface area contributed by atoms with E-state index in [2.05, 4.69) is 22.0 Å². The predicted molar refractivity (Wildman–Crippen MR) is 102 cm³/mol. The Kier molecular flexibility index (Phi) is 7.14. The monoisotopic (exact) mass is 357 g/mol. The van der Waals surface area contributed by atoms with Crippen LogP contribution in [0.2, 0.25) is 0 Å². The van der Waals surface area contributed by atoms with Gasteiger partial charge in [0.2, 0.25) is 0 Å². The molecule has 5 nitrogen and oxygen atoms in total. The van der Waals surface area contributed by atoms with Gasteiger partial charge in [-0.25, -0.2) is 0 Å². The van der Waals surface area contributed by atoms with Gasteiger partial charge in [-0.2, -0.15) is 0 Å². The number of aromatic nitrogens is 2. The summed E-state index contributed by atoms with van der Waals surface area (Å²) in [5.74, 6) is 6.70. The topological polar surface area (TPSA) is 81.3 Å². The maximum absolute atomic E-state index is 10.1. The number of hydrogen-bond acceptors (Lipinski definition) is 6. The summed E-state index contributed by atoms with van der Waals surface area (Å²) in [4.78, 5) is 0. The minimum Gasteiger partial charge on any atom is -0.490 e. The first-order valence-electron chi connectivity index (χ1n) is 8.10. The fourth-order valence-corrected chi connectivity index (χ4v) is 2.53. The van der Waals surface area contributed by atoms with Gasteiger partial charge in [-0.3, -0.25) is 0 Å². The van der Waals surface area contributed by atoms with Crippen LogP contribution in [0.1, 0.15) is 29.4 Å². The van der Waals surface area contributed by atoms with E-state index < -0.39 is 12.1 Å². The molecule has 0 aliphatic rings. The van der Waals surface area contributed by atoms with Crippen molar-refractivity contribution < 1.29 is 9.84 Å². The number of aryl methyl sites for hydroxylation is 1. The Hall–Kier alpha value is -2.20. The van der Waals surface area contributed by atoms with Gasteiger partial charge < -0.3 is 15.6 Å². The van der Waals surface area contributed by atoms with Gasteiger partial charge in [0.1, 0.15) is 28.5 Å². The molecule has 3 N–H and O–H groups in total. The normalized spacial score (nSPS) is 13.5. The van der Waals surface area contributed by atoms with Crippen LogP contribution in [0.3, 0.4) is 0 Å². The van der Waals surface area contributed by atoms with E-state index in [4.69, 9.17) is 10.5 Å². The number of aliphatic hydroxyl groups excluding tert-OH is 1. The van der Waals surface area contributed by atoms with Crippen LogP contribution in [-0.2, 0) is 0 Å². The van der Waals surface area contributed by atoms with E-state index in [1.165, 1.54) is 11.3 Å². The Morgan fingerprint density at radius 3 is 2.68 bits per heavy atom. The van der Waals surface area contributed by atoms with Crippen LogP contribution in [0.25, 0.3) is 12.2 Å². The van der Waals surface area contributed by atoms with E-state index in [1.54, 1.807) is 0 Å². The van der Waals surface area contributed by atoms with Crippen LogP contribution in [-0.4, -0.2) is 34.1 Å². The molecule has 0 radical (unpaired) electrons. The highest BCUT2D eigenvalue weighted by Gasteiger charge is 2.14. The van der Waals surface area contributed by atoms with Gasteiger partial charge in [0.05, 0.1) is 6.04 Å². The summed E-state index contributed by atoms with van der Waals surface area (Å²) in [5.41, 5.74) is 6.77. The quantitative estimate of drug-likeness (QED) is 0.777. The highest BCUT2D eigenvalue weighted by molar-refractivity contribution is 7.12. The maximum Gasteiger partial charge on any atom is 0.140 e. The third-order valence-corrected chi connectivity index (χ3v) is 4.03. The fraction of sp³-hybridized carbons (Fsp3) is 0.368. The zero-order chi connectivity index (χ0) is 18.2. The van der Waals surface area contributed by atoms with Crippen LogP contribution in [0, 0.1) is 24.7 Å². The Bertz CT molecular complexity index is 774. The Labute approximate surface area is 152 Å². The van der Waals surface area contributed by atoms with Crippen LogP contribution in [0.15, 0.2) is 24.3 Å². The van der Waals surface area contributed by atoms with Crippen LogP contribution in [0.5, 0.6) is 5.75 Å². The molecule has 0 amide bonds. The summed E-state index contributed by atoms with van der Waals surface area (Å²) in [6.07, 6.45) is 2.96. The largest absolute Gasteiger partial charge is 0.490 e. The minimum atomic E-state index is -0.853. The molecule has 0 bridgehead atoms. The molecule has 1 heterocycles. The van der Waals surface area contributed by atoms with Crippen molar-refractivity contribution in [3.05, 3.63) is 39.8 Å². The summed E-state index contributed by atoms with van der Waals surface area (Å²) >= 11 is 1.52. The number of rotatable bonds is 6. The van der Waals surface area contributed by atoms with Crippen molar-refractivity contribution in [2.45, 2.75) is 32.9 Å². The van der Waals surface area contributed by atoms with Crippen molar-refractivity contribution in [2.75, 3.05) is 6.61 Å². The van der Waals surface area contributed by atoms with E-state index in [9.17, 15) is 5.11 Å². The summed E-state index contributed by atoms with van der Waals surface area (Å²) in [5, 5.41) is 19.9. The third kappa shape index (κ3) is 6.31. The van der Waals surface area contributed by atoms with Gasteiger partial charge in [0.25, 0.3) is 0 Å². The summed E-state index contributed by atoms with van der Waals surface area (Å²) in [6.45, 7) is 5.95. The third-order valence-electron chi connectivity index (χ3n) is 3.23. The molecule has 1 aromatic carbocycles. The van der Waals surface area contributed by atoms with E-state index in [0.717, 1.165) is 15.6 Å². The van der Waals surface area contributed by atoms with Crippen molar-refractivity contribution in [3.63, 3.8) is 0 Å². The smallest absolute Gasteiger partial charge is 0.140 e. The van der Waals surface area contributed by atoms with E-state index in [0.29, 0.717) is 5.75 Å². The minimum absolute atomic E-state index is 0.0801. The molecule has 6 heteroatoms. The lowest BCUT2D eigenvalue weighted by Crippen LogP contribution is -2.37. The van der Waals surface area contributed by atoms with Gasteiger partial charge in [0, 0.05) is 11.5 Å². The lowest BCUT2D eigenvalue weighted by Gasteiger charge is -2.16. The molecule has 132 valence electrons. The second-order valence-corrected chi connectivity index (χ2v) is 7.09. The molecular weight excluding hydrogens is 334 g/mol. The van der Waals surface area contributed by atoms with Crippen molar-refractivity contribution in [2.24, 2.45) is 11.7 Å². The Balaban J connectivity index is 2.01. The molecule has 2 atom stereocenters. The highest BCUT2D eigenvalue weighted by Crippen LogP contribution is 2.21. The zero-order valence-corrected chi connectivity index (χ0v) is 15.5. The molecule has 0 fully saturated rings. The molecule has 1 aromatic heterocycles. The Morgan fingerprint density at radius 2 is 2.00 bits per heavy atom. The van der Waals surface area contributed by atoms with Gasteiger partial charge in [0.15, 0.2) is 0 Å². The standard InChI is InChI=1S/C19H23N3O2S/c1-13(2)8-10-16(20)17(23)12-24-18-7-5-4-6-15(18)9-11-19-22-21-14(3)25-19/h4-7,9,11,13,16-17,23H,12,20H2,1-3H3. The van der Waals surface area contributed by atoms with Gasteiger partial charge in [-0.15, -0.1) is 10.2 Å². The average molecular weight is 357 g/mol. The van der Waals surface area contributed by atoms with Crippen molar-refractivity contribution in [3.8, 4) is 17.6 Å². The summed E-state index contributed by atoms with van der Waals surface area (Å²) in [6, 6.07) is 6.96. The van der Waals surface area contributed by atoms with Gasteiger partial charge >= 0.3 is 0 Å². The molecule has 0 aliphatic heterocycles. The average Bonchev–Trinajstić information content (AvgIpc) is 3.01. The second-order valence-electron chi connectivity index (χ2n) is 5.88. The first-order chi connectivity index (χ1) is 12.0.